The third-order valence-corrected chi connectivity index (χ3v) is 4.03. The van der Waals surface area contributed by atoms with Crippen molar-refractivity contribution in [1.82, 2.24) is 15.6 Å². The van der Waals surface area contributed by atoms with Crippen molar-refractivity contribution in [2.75, 3.05) is 7.05 Å². The fourth-order valence-corrected chi connectivity index (χ4v) is 2.62. The standard InChI is InChI=1S/C19H19ClN4.HI/c1-21-19(23-12-14-6-8-16(20)9-7-14)24-13-15-10-11-22-18-5-3-2-4-17(15)18;/h2-11H,12-13H2,1H3,(H2,21,23,24);1H. The minimum atomic E-state index is 0. The highest BCUT2D eigenvalue weighted by Gasteiger charge is 2.03. The van der Waals surface area contributed by atoms with Crippen LogP contribution in [0.2, 0.25) is 5.02 Å². The Bertz CT molecular complexity index is 844. The summed E-state index contributed by atoms with van der Waals surface area (Å²) in [6, 6.07) is 17.9. The molecular weight excluding hydrogens is 447 g/mol. The summed E-state index contributed by atoms with van der Waals surface area (Å²) in [6.45, 7) is 1.37. The van der Waals surface area contributed by atoms with Crippen LogP contribution in [0.25, 0.3) is 10.9 Å². The van der Waals surface area contributed by atoms with Gasteiger partial charge >= 0.3 is 0 Å². The van der Waals surface area contributed by atoms with E-state index in [4.69, 9.17) is 11.6 Å². The zero-order valence-electron chi connectivity index (χ0n) is 13.9. The van der Waals surface area contributed by atoms with E-state index in [1.807, 2.05) is 54.7 Å². The van der Waals surface area contributed by atoms with Gasteiger partial charge in [-0.1, -0.05) is 41.9 Å². The first-order chi connectivity index (χ1) is 11.8. The summed E-state index contributed by atoms with van der Waals surface area (Å²) in [6.07, 6.45) is 1.84. The van der Waals surface area contributed by atoms with E-state index in [0.717, 1.165) is 27.4 Å². The number of benzene rings is 2. The Morgan fingerprint density at radius 2 is 1.72 bits per heavy atom. The van der Waals surface area contributed by atoms with Crippen molar-refractivity contribution in [2.45, 2.75) is 13.1 Å². The number of hydrogen-bond donors (Lipinski definition) is 2. The smallest absolute Gasteiger partial charge is 0.191 e. The molecule has 0 radical (unpaired) electrons. The van der Waals surface area contributed by atoms with Gasteiger partial charge in [0.2, 0.25) is 0 Å². The monoisotopic (exact) mass is 466 g/mol. The maximum Gasteiger partial charge on any atom is 0.191 e. The molecule has 6 heteroatoms. The molecule has 1 aromatic heterocycles. The van der Waals surface area contributed by atoms with Crippen LogP contribution in [0.15, 0.2) is 65.8 Å². The van der Waals surface area contributed by atoms with E-state index in [1.165, 1.54) is 5.56 Å². The second-order valence-corrected chi connectivity index (χ2v) is 5.83. The minimum Gasteiger partial charge on any atom is -0.352 e. The van der Waals surface area contributed by atoms with Crippen LogP contribution in [-0.2, 0) is 13.1 Å². The van der Waals surface area contributed by atoms with Crippen LogP contribution >= 0.6 is 35.6 Å². The van der Waals surface area contributed by atoms with Crippen LogP contribution in [0.1, 0.15) is 11.1 Å². The highest BCUT2D eigenvalue weighted by atomic mass is 127. The number of rotatable bonds is 4. The SMILES string of the molecule is CN=C(NCc1ccc(Cl)cc1)NCc1ccnc2ccccc12.I. The van der Waals surface area contributed by atoms with E-state index in [1.54, 1.807) is 7.05 Å². The summed E-state index contributed by atoms with van der Waals surface area (Å²) in [7, 11) is 1.77. The number of aliphatic imine (C=N–C) groups is 1. The molecule has 2 aromatic carbocycles. The molecule has 0 saturated carbocycles. The molecule has 4 nitrogen and oxygen atoms in total. The molecule has 0 atom stereocenters. The Morgan fingerprint density at radius 3 is 2.48 bits per heavy atom. The van der Waals surface area contributed by atoms with E-state index in [2.05, 4.69) is 26.7 Å². The topological polar surface area (TPSA) is 49.3 Å². The molecule has 0 bridgehead atoms. The molecule has 0 aliphatic heterocycles. The number of fused-ring (bicyclic) bond motifs is 1. The van der Waals surface area contributed by atoms with Crippen LogP contribution in [0.5, 0.6) is 0 Å². The number of halogens is 2. The molecule has 0 unspecified atom stereocenters. The van der Waals surface area contributed by atoms with Crippen LogP contribution in [-0.4, -0.2) is 18.0 Å². The largest absolute Gasteiger partial charge is 0.352 e. The second kappa shape index (κ2) is 9.58. The molecule has 0 aliphatic rings. The van der Waals surface area contributed by atoms with E-state index >= 15 is 0 Å². The van der Waals surface area contributed by atoms with Gasteiger partial charge in [0.05, 0.1) is 5.52 Å². The number of pyridine rings is 1. The van der Waals surface area contributed by atoms with Crippen molar-refractivity contribution >= 4 is 52.4 Å². The maximum absolute atomic E-state index is 5.91. The Labute approximate surface area is 169 Å². The molecule has 0 aliphatic carbocycles. The molecule has 0 saturated heterocycles. The van der Waals surface area contributed by atoms with Crippen molar-refractivity contribution in [2.24, 2.45) is 4.99 Å². The average Bonchev–Trinajstić information content (AvgIpc) is 2.63. The molecule has 3 rings (SSSR count). The average molecular weight is 467 g/mol. The molecule has 130 valence electrons. The molecule has 0 spiro atoms. The van der Waals surface area contributed by atoms with Gasteiger partial charge in [-0.15, -0.1) is 24.0 Å². The summed E-state index contributed by atoms with van der Waals surface area (Å²) < 4.78 is 0. The maximum atomic E-state index is 5.91. The summed E-state index contributed by atoms with van der Waals surface area (Å²) in [5.41, 5.74) is 3.34. The lowest BCUT2D eigenvalue weighted by atomic mass is 10.1. The van der Waals surface area contributed by atoms with Crippen molar-refractivity contribution in [3.05, 3.63) is 76.9 Å². The van der Waals surface area contributed by atoms with E-state index < -0.39 is 0 Å². The number of hydrogen-bond acceptors (Lipinski definition) is 2. The highest BCUT2D eigenvalue weighted by Crippen LogP contribution is 2.15. The van der Waals surface area contributed by atoms with E-state index in [0.29, 0.717) is 13.1 Å². The minimum absolute atomic E-state index is 0. The molecule has 1 heterocycles. The van der Waals surface area contributed by atoms with Crippen molar-refractivity contribution < 1.29 is 0 Å². The van der Waals surface area contributed by atoms with Gasteiger partial charge in [-0.25, -0.2) is 0 Å². The van der Waals surface area contributed by atoms with Gasteiger partial charge in [-0.2, -0.15) is 0 Å². The number of aromatic nitrogens is 1. The van der Waals surface area contributed by atoms with Gasteiger partial charge in [0, 0.05) is 36.7 Å². The lowest BCUT2D eigenvalue weighted by Gasteiger charge is -2.13. The lowest BCUT2D eigenvalue weighted by Crippen LogP contribution is -2.36. The normalized spacial score (nSPS) is 11.0. The van der Waals surface area contributed by atoms with Crippen molar-refractivity contribution in [3.63, 3.8) is 0 Å². The summed E-state index contributed by atoms with van der Waals surface area (Å²) in [5.74, 6) is 0.755. The molecular formula is C19H20ClIN4. The van der Waals surface area contributed by atoms with Crippen LogP contribution in [0.4, 0.5) is 0 Å². The Kier molecular flexibility index (Phi) is 7.46. The molecule has 0 amide bonds. The molecule has 25 heavy (non-hydrogen) atoms. The number of guanidine groups is 1. The van der Waals surface area contributed by atoms with Gasteiger partial charge < -0.3 is 10.6 Å². The van der Waals surface area contributed by atoms with Crippen LogP contribution in [0, 0.1) is 0 Å². The number of nitrogens with one attached hydrogen (secondary N) is 2. The van der Waals surface area contributed by atoms with Gasteiger partial charge in [-0.05, 0) is 35.4 Å². The van der Waals surface area contributed by atoms with Crippen LogP contribution in [0.3, 0.4) is 0 Å². The first-order valence-corrected chi connectivity index (χ1v) is 8.15. The lowest BCUT2D eigenvalue weighted by molar-refractivity contribution is 0.811. The van der Waals surface area contributed by atoms with Gasteiger partial charge in [0.25, 0.3) is 0 Å². The fraction of sp³-hybridized carbons (Fsp3) is 0.158. The van der Waals surface area contributed by atoms with Crippen LogP contribution < -0.4 is 10.6 Å². The van der Waals surface area contributed by atoms with E-state index in [-0.39, 0.29) is 24.0 Å². The quantitative estimate of drug-likeness (QED) is 0.341. The first kappa shape index (κ1) is 19.5. The van der Waals surface area contributed by atoms with E-state index in [9.17, 15) is 0 Å². The molecule has 0 fully saturated rings. The Balaban J connectivity index is 0.00000225. The fourth-order valence-electron chi connectivity index (χ4n) is 2.50. The van der Waals surface area contributed by atoms with Gasteiger partial charge in [0.1, 0.15) is 0 Å². The van der Waals surface area contributed by atoms with Gasteiger partial charge in [0.15, 0.2) is 5.96 Å². The predicted molar refractivity (Wildman–Crippen MR) is 116 cm³/mol. The number of para-hydroxylation sites is 1. The van der Waals surface area contributed by atoms with Crippen molar-refractivity contribution in [1.29, 1.82) is 0 Å². The molecule has 2 N–H and O–H groups in total. The second-order valence-electron chi connectivity index (χ2n) is 5.39. The predicted octanol–water partition coefficient (Wildman–Crippen LogP) is 4.37. The van der Waals surface area contributed by atoms with Gasteiger partial charge in [-0.3, -0.25) is 9.98 Å². The molecule has 3 aromatic rings. The summed E-state index contributed by atoms with van der Waals surface area (Å²) in [4.78, 5) is 8.66. The zero-order chi connectivity index (χ0) is 16.8. The summed E-state index contributed by atoms with van der Waals surface area (Å²) in [5, 5.41) is 8.54. The van der Waals surface area contributed by atoms with Crippen molar-refractivity contribution in [3.8, 4) is 0 Å². The summed E-state index contributed by atoms with van der Waals surface area (Å²) >= 11 is 5.91. The first-order valence-electron chi connectivity index (χ1n) is 7.78. The highest BCUT2D eigenvalue weighted by molar-refractivity contribution is 14.0. The third kappa shape index (κ3) is 5.31. The Morgan fingerprint density at radius 1 is 1.00 bits per heavy atom. The third-order valence-electron chi connectivity index (χ3n) is 3.78. The number of nitrogens with zero attached hydrogens (tertiary/aromatic N) is 2. The zero-order valence-corrected chi connectivity index (χ0v) is 17.0. The Hall–Kier alpha value is -1.86.